The summed E-state index contributed by atoms with van der Waals surface area (Å²) in [7, 11) is 0. The summed E-state index contributed by atoms with van der Waals surface area (Å²) in [6.07, 6.45) is 3.77. The Bertz CT molecular complexity index is 1280. The van der Waals surface area contributed by atoms with Crippen LogP contribution >= 0.6 is 22.7 Å². The fourth-order valence-corrected chi connectivity index (χ4v) is 7.42. The number of likely N-dealkylation sites (tertiary alicyclic amines) is 1. The molecular formula is C23H26N8O2S2. The van der Waals surface area contributed by atoms with Crippen molar-refractivity contribution >= 4 is 34.5 Å². The van der Waals surface area contributed by atoms with Crippen molar-refractivity contribution < 1.29 is 9.59 Å². The third-order valence-corrected chi connectivity index (χ3v) is 9.15. The summed E-state index contributed by atoms with van der Waals surface area (Å²) < 4.78 is 0. The summed E-state index contributed by atoms with van der Waals surface area (Å²) in [6, 6.07) is 5.75. The van der Waals surface area contributed by atoms with Crippen molar-refractivity contribution in [2.75, 3.05) is 13.1 Å². The van der Waals surface area contributed by atoms with Gasteiger partial charge in [-0.2, -0.15) is 10.5 Å². The fourth-order valence-electron chi connectivity index (χ4n) is 5.37. The summed E-state index contributed by atoms with van der Waals surface area (Å²) in [5, 5.41) is 30.1. The predicted octanol–water partition coefficient (Wildman–Crippen LogP) is 1.74. The maximum Gasteiger partial charge on any atom is 0.258 e. The van der Waals surface area contributed by atoms with Crippen LogP contribution < -0.4 is 11.1 Å². The second-order valence-corrected chi connectivity index (χ2v) is 11.2. The number of primary amides is 1. The molecule has 5 rings (SSSR count). The highest BCUT2D eigenvalue weighted by molar-refractivity contribution is 7.14. The van der Waals surface area contributed by atoms with Gasteiger partial charge in [-0.1, -0.05) is 5.21 Å². The van der Waals surface area contributed by atoms with E-state index in [1.165, 1.54) is 16.2 Å². The number of fused-ring (bicyclic) bond motifs is 2. The fraction of sp³-hybridized carbons (Fsp3) is 0.478. The minimum Gasteiger partial charge on any atom is -0.365 e. The van der Waals surface area contributed by atoms with E-state index >= 15 is 0 Å². The minimum absolute atomic E-state index is 0.0705. The first kappa shape index (κ1) is 23.6. The van der Waals surface area contributed by atoms with Crippen LogP contribution in [0.15, 0.2) is 17.5 Å². The third kappa shape index (κ3) is 4.13. The van der Waals surface area contributed by atoms with Gasteiger partial charge in [0.15, 0.2) is 5.82 Å². The number of hydrogen-bond acceptors (Lipinski definition) is 9. The molecule has 4 heterocycles. The molecule has 1 unspecified atom stereocenters. The summed E-state index contributed by atoms with van der Waals surface area (Å²) >= 11 is 3.13. The molecule has 2 amide bonds. The van der Waals surface area contributed by atoms with Gasteiger partial charge in [0.05, 0.1) is 22.9 Å². The topological polar surface area (TPSA) is 154 Å². The monoisotopic (exact) mass is 510 g/mol. The number of nitriles is 1. The molecule has 3 aromatic heterocycles. The number of aromatic amines is 1. The molecule has 1 fully saturated rings. The standard InChI is InChI=1S/C23H26N8O2S2/c1-13(26-12-20(32)31-7-2-3-14(31)11-24)10-23(22-27-29-30-28-22)15-6-8-34-17(15)4-5-18-16(23)9-19(35-18)21(25)33/h6,8-9,13-14,26H,2-5,7,10,12H2,1H3,(H2,25,33)(H,27,28,29,30)/t13-,14+,23?/m1/s1. The van der Waals surface area contributed by atoms with Gasteiger partial charge in [-0.05, 0) is 67.7 Å². The van der Waals surface area contributed by atoms with Gasteiger partial charge < -0.3 is 16.0 Å². The van der Waals surface area contributed by atoms with Crippen LogP contribution in [0.25, 0.3) is 0 Å². The molecule has 0 aromatic carbocycles. The number of amides is 2. The quantitative estimate of drug-likeness (QED) is 0.437. The first-order chi connectivity index (χ1) is 16.9. The molecule has 0 saturated carbocycles. The molecule has 182 valence electrons. The average Bonchev–Trinajstić information content (AvgIpc) is 3.65. The molecule has 0 spiro atoms. The van der Waals surface area contributed by atoms with Crippen LogP contribution in [0.2, 0.25) is 0 Å². The zero-order valence-corrected chi connectivity index (χ0v) is 20.9. The van der Waals surface area contributed by atoms with Crippen molar-refractivity contribution in [2.24, 2.45) is 5.73 Å². The van der Waals surface area contributed by atoms with Gasteiger partial charge >= 0.3 is 0 Å². The Hall–Kier alpha value is -3.14. The maximum absolute atomic E-state index is 12.8. The molecule has 1 aliphatic heterocycles. The summed E-state index contributed by atoms with van der Waals surface area (Å²) in [5.41, 5.74) is 6.97. The normalized spacial score (nSPS) is 22.2. The van der Waals surface area contributed by atoms with E-state index < -0.39 is 11.3 Å². The van der Waals surface area contributed by atoms with E-state index in [1.54, 1.807) is 16.2 Å². The Morgan fingerprint density at radius 1 is 1.40 bits per heavy atom. The van der Waals surface area contributed by atoms with E-state index in [9.17, 15) is 14.9 Å². The molecule has 12 heteroatoms. The highest BCUT2D eigenvalue weighted by Crippen LogP contribution is 2.49. The van der Waals surface area contributed by atoms with Crippen molar-refractivity contribution in [3.05, 3.63) is 49.1 Å². The number of thiophene rings is 2. The third-order valence-electron chi connectivity index (χ3n) is 6.96. The number of nitrogens with zero attached hydrogens (tertiary/aromatic N) is 5. The highest BCUT2D eigenvalue weighted by Gasteiger charge is 2.47. The molecule has 3 atom stereocenters. The van der Waals surface area contributed by atoms with E-state index in [0.717, 1.165) is 41.7 Å². The first-order valence-corrected chi connectivity index (χ1v) is 13.3. The van der Waals surface area contributed by atoms with Gasteiger partial charge in [-0.15, -0.1) is 32.9 Å². The molecule has 4 N–H and O–H groups in total. The molecule has 0 bridgehead atoms. The Balaban J connectivity index is 1.50. The lowest BCUT2D eigenvalue weighted by atomic mass is 9.70. The second-order valence-electron chi connectivity index (χ2n) is 9.07. The Kier molecular flexibility index (Phi) is 6.39. The van der Waals surface area contributed by atoms with E-state index in [2.05, 4.69) is 43.5 Å². The molecule has 0 radical (unpaired) electrons. The number of aromatic nitrogens is 4. The van der Waals surface area contributed by atoms with Crippen molar-refractivity contribution in [3.63, 3.8) is 0 Å². The van der Waals surface area contributed by atoms with Crippen LogP contribution in [0.5, 0.6) is 0 Å². The first-order valence-electron chi connectivity index (χ1n) is 11.6. The van der Waals surface area contributed by atoms with Crippen molar-refractivity contribution in [2.45, 2.75) is 56.5 Å². The minimum atomic E-state index is -0.753. The van der Waals surface area contributed by atoms with Crippen LogP contribution in [0.1, 0.15) is 62.6 Å². The number of hydrogen-bond donors (Lipinski definition) is 3. The van der Waals surface area contributed by atoms with Crippen LogP contribution in [0.3, 0.4) is 0 Å². The second kappa shape index (κ2) is 9.49. The highest BCUT2D eigenvalue weighted by atomic mass is 32.1. The largest absolute Gasteiger partial charge is 0.365 e. The summed E-state index contributed by atoms with van der Waals surface area (Å²) in [5.74, 6) is 0.00193. The number of aryl methyl sites for hydroxylation is 2. The maximum atomic E-state index is 12.8. The predicted molar refractivity (Wildman–Crippen MR) is 131 cm³/mol. The van der Waals surface area contributed by atoms with Gasteiger partial charge in [0, 0.05) is 22.3 Å². The molecule has 2 aliphatic rings. The SMILES string of the molecule is C[C@H](CC1(c2nn[nH]n2)c2ccsc2CCc2sc(C(N)=O)cc21)NCC(=O)N1CCC[C@H]1C#N. The zero-order valence-electron chi connectivity index (χ0n) is 19.3. The number of carbonyl (C=O) groups excluding carboxylic acids is 2. The number of nitrogens with two attached hydrogens (primary N) is 1. The lowest BCUT2D eigenvalue weighted by Gasteiger charge is -2.34. The molecule has 1 aliphatic carbocycles. The van der Waals surface area contributed by atoms with Crippen LogP contribution in [0, 0.1) is 11.3 Å². The average molecular weight is 511 g/mol. The Morgan fingerprint density at radius 2 is 2.23 bits per heavy atom. The van der Waals surface area contributed by atoms with Crippen LogP contribution in [-0.2, 0) is 23.1 Å². The Morgan fingerprint density at radius 3 is 2.97 bits per heavy atom. The molecular weight excluding hydrogens is 484 g/mol. The Labute approximate surface area is 210 Å². The van der Waals surface area contributed by atoms with E-state index in [4.69, 9.17) is 5.73 Å². The molecule has 1 saturated heterocycles. The zero-order chi connectivity index (χ0) is 24.6. The summed E-state index contributed by atoms with van der Waals surface area (Å²) in [6.45, 7) is 2.78. The van der Waals surface area contributed by atoms with Crippen molar-refractivity contribution in [1.82, 2.24) is 30.8 Å². The van der Waals surface area contributed by atoms with E-state index in [0.29, 0.717) is 23.7 Å². The van der Waals surface area contributed by atoms with Crippen LogP contribution in [0.4, 0.5) is 0 Å². The van der Waals surface area contributed by atoms with Gasteiger partial charge in [0.25, 0.3) is 5.91 Å². The number of nitrogens with one attached hydrogen (secondary N) is 2. The van der Waals surface area contributed by atoms with Gasteiger partial charge in [0.1, 0.15) is 6.04 Å². The molecule has 35 heavy (non-hydrogen) atoms. The summed E-state index contributed by atoms with van der Waals surface area (Å²) in [4.78, 5) is 29.4. The van der Waals surface area contributed by atoms with Crippen LogP contribution in [-0.4, -0.2) is 62.5 Å². The van der Waals surface area contributed by atoms with Gasteiger partial charge in [0.2, 0.25) is 5.91 Å². The van der Waals surface area contributed by atoms with Crippen molar-refractivity contribution in [1.29, 1.82) is 5.26 Å². The number of rotatable bonds is 7. The van der Waals surface area contributed by atoms with Crippen molar-refractivity contribution in [3.8, 4) is 6.07 Å². The smallest absolute Gasteiger partial charge is 0.258 e. The molecule has 10 nitrogen and oxygen atoms in total. The lowest BCUT2D eigenvalue weighted by Crippen LogP contribution is -2.45. The number of H-pyrrole nitrogens is 1. The number of tetrazole rings is 1. The van der Waals surface area contributed by atoms with E-state index in [1.807, 2.05) is 13.0 Å². The number of carbonyl (C=O) groups is 2. The van der Waals surface area contributed by atoms with Gasteiger partial charge in [-0.25, -0.2) is 0 Å². The van der Waals surface area contributed by atoms with E-state index in [-0.39, 0.29) is 24.5 Å². The molecule has 3 aromatic rings. The lowest BCUT2D eigenvalue weighted by molar-refractivity contribution is -0.130. The van der Waals surface area contributed by atoms with Gasteiger partial charge in [-0.3, -0.25) is 9.59 Å².